The molecule has 0 aromatic heterocycles. The van der Waals surface area contributed by atoms with Crippen LogP contribution in [-0.4, -0.2) is 18.2 Å². The minimum Gasteiger partial charge on any atom is -0.374 e. The van der Waals surface area contributed by atoms with Crippen molar-refractivity contribution < 1.29 is 4.74 Å². The van der Waals surface area contributed by atoms with E-state index in [-0.39, 0.29) is 11.6 Å². The molecule has 0 aliphatic rings. The van der Waals surface area contributed by atoms with E-state index in [9.17, 15) is 0 Å². The fraction of sp³-hybridized carbons (Fsp3) is 0.600. The van der Waals surface area contributed by atoms with Crippen molar-refractivity contribution in [1.29, 1.82) is 0 Å². The van der Waals surface area contributed by atoms with E-state index in [1.807, 2.05) is 19.1 Å². The van der Waals surface area contributed by atoms with Gasteiger partial charge in [-0.15, -0.1) is 0 Å². The topological polar surface area (TPSA) is 47.3 Å². The van der Waals surface area contributed by atoms with Crippen molar-refractivity contribution in [2.75, 3.05) is 6.61 Å². The van der Waals surface area contributed by atoms with Gasteiger partial charge in [0.2, 0.25) is 0 Å². The Morgan fingerprint density at radius 3 is 2.47 bits per heavy atom. The molecule has 0 radical (unpaired) electrons. The van der Waals surface area contributed by atoms with Crippen LogP contribution >= 0.6 is 15.9 Å². The normalized spacial score (nSPS) is 13.5. The number of nitrogens with two attached hydrogens (primary N) is 1. The monoisotopic (exact) mass is 328 g/mol. The van der Waals surface area contributed by atoms with Gasteiger partial charge in [-0.1, -0.05) is 41.9 Å². The van der Waals surface area contributed by atoms with E-state index in [4.69, 9.17) is 10.6 Å². The quantitative estimate of drug-likeness (QED) is 0.567. The van der Waals surface area contributed by atoms with E-state index >= 15 is 0 Å². The molecule has 0 spiro atoms. The van der Waals surface area contributed by atoms with Crippen molar-refractivity contribution in [2.24, 2.45) is 5.84 Å². The molecule has 0 heterocycles. The summed E-state index contributed by atoms with van der Waals surface area (Å²) >= 11 is 3.51. The maximum absolute atomic E-state index is 6.03. The first-order chi connectivity index (χ1) is 9.11. The first kappa shape index (κ1) is 16.6. The molecule has 3 nitrogen and oxygen atoms in total. The van der Waals surface area contributed by atoms with E-state index in [0.29, 0.717) is 6.61 Å². The lowest BCUT2D eigenvalue weighted by Crippen LogP contribution is -2.55. The van der Waals surface area contributed by atoms with Gasteiger partial charge in [-0.25, -0.2) is 0 Å². The fourth-order valence-electron chi connectivity index (χ4n) is 2.63. The second-order valence-electron chi connectivity index (χ2n) is 4.76. The van der Waals surface area contributed by atoms with Crippen LogP contribution in [0.4, 0.5) is 0 Å². The van der Waals surface area contributed by atoms with Gasteiger partial charge in [0.05, 0.1) is 11.6 Å². The van der Waals surface area contributed by atoms with E-state index in [1.165, 1.54) is 5.56 Å². The average Bonchev–Trinajstić information content (AvgIpc) is 2.43. The molecule has 19 heavy (non-hydrogen) atoms. The second kappa shape index (κ2) is 8.00. The zero-order chi connectivity index (χ0) is 14.3. The van der Waals surface area contributed by atoms with E-state index in [0.717, 1.165) is 23.7 Å². The molecule has 0 saturated carbocycles. The number of nitrogens with one attached hydrogen (secondary N) is 1. The molecule has 0 bridgehead atoms. The fourth-order valence-corrected chi connectivity index (χ4v) is 3.08. The Labute approximate surface area is 125 Å². The Balaban J connectivity index is 2.91. The second-order valence-corrected chi connectivity index (χ2v) is 5.67. The van der Waals surface area contributed by atoms with Gasteiger partial charge in [-0.05, 0) is 43.9 Å². The van der Waals surface area contributed by atoms with Crippen LogP contribution in [0.25, 0.3) is 0 Å². The Morgan fingerprint density at radius 2 is 2.00 bits per heavy atom. The number of ether oxygens (including phenoxy) is 1. The number of benzene rings is 1. The Hall–Kier alpha value is -0.420. The number of hydrogen-bond donors (Lipinski definition) is 2. The summed E-state index contributed by atoms with van der Waals surface area (Å²) in [7, 11) is 0. The third kappa shape index (κ3) is 4.28. The smallest absolute Gasteiger partial charge is 0.0846 e. The molecule has 1 unspecified atom stereocenters. The van der Waals surface area contributed by atoms with Crippen molar-refractivity contribution in [3.63, 3.8) is 0 Å². The van der Waals surface area contributed by atoms with Crippen LogP contribution in [0.15, 0.2) is 28.7 Å². The van der Waals surface area contributed by atoms with Gasteiger partial charge in [0, 0.05) is 11.1 Å². The third-order valence-corrected chi connectivity index (χ3v) is 4.29. The maximum atomic E-state index is 6.03. The molecule has 0 fully saturated rings. The summed E-state index contributed by atoms with van der Waals surface area (Å²) in [5.74, 6) is 5.78. The Bertz CT molecular complexity index is 380. The van der Waals surface area contributed by atoms with Crippen molar-refractivity contribution >= 4 is 15.9 Å². The van der Waals surface area contributed by atoms with Crippen LogP contribution in [0.1, 0.15) is 39.2 Å². The SMILES string of the molecule is CCOC(CC)(CC)C(Cc1cccc(Br)c1)NN. The highest BCUT2D eigenvalue weighted by Gasteiger charge is 2.35. The van der Waals surface area contributed by atoms with Gasteiger partial charge in [0.25, 0.3) is 0 Å². The maximum Gasteiger partial charge on any atom is 0.0846 e. The van der Waals surface area contributed by atoms with Crippen molar-refractivity contribution in [1.82, 2.24) is 5.43 Å². The van der Waals surface area contributed by atoms with Crippen LogP contribution in [0.2, 0.25) is 0 Å². The number of halogens is 1. The van der Waals surface area contributed by atoms with Gasteiger partial charge in [0.15, 0.2) is 0 Å². The van der Waals surface area contributed by atoms with Crippen LogP contribution in [0.5, 0.6) is 0 Å². The van der Waals surface area contributed by atoms with Gasteiger partial charge in [0.1, 0.15) is 0 Å². The van der Waals surface area contributed by atoms with Gasteiger partial charge >= 0.3 is 0 Å². The highest BCUT2D eigenvalue weighted by atomic mass is 79.9. The summed E-state index contributed by atoms with van der Waals surface area (Å²) in [6.45, 7) is 7.06. The molecular formula is C15H25BrN2O. The molecule has 0 saturated heterocycles. The van der Waals surface area contributed by atoms with Crippen molar-refractivity contribution in [3.8, 4) is 0 Å². The number of rotatable bonds is 8. The minimum atomic E-state index is -0.203. The molecular weight excluding hydrogens is 304 g/mol. The molecule has 1 aromatic rings. The van der Waals surface area contributed by atoms with Crippen LogP contribution < -0.4 is 11.3 Å². The Kier molecular flexibility index (Phi) is 7.00. The predicted octanol–water partition coefficient (Wildman–Crippen LogP) is 3.42. The highest BCUT2D eigenvalue weighted by molar-refractivity contribution is 9.10. The summed E-state index contributed by atoms with van der Waals surface area (Å²) in [4.78, 5) is 0. The van der Waals surface area contributed by atoms with Crippen LogP contribution in [0, 0.1) is 0 Å². The zero-order valence-electron chi connectivity index (χ0n) is 12.1. The standard InChI is InChI=1S/C15H25BrN2O/c1-4-15(5-2,19-6-3)14(18-17)11-12-8-7-9-13(16)10-12/h7-10,14,18H,4-6,11,17H2,1-3H3. The Morgan fingerprint density at radius 1 is 1.32 bits per heavy atom. The minimum absolute atomic E-state index is 0.108. The summed E-state index contributed by atoms with van der Waals surface area (Å²) in [5, 5.41) is 0. The summed E-state index contributed by atoms with van der Waals surface area (Å²) in [5.41, 5.74) is 4.01. The summed E-state index contributed by atoms with van der Waals surface area (Å²) in [6.07, 6.45) is 2.75. The van der Waals surface area contributed by atoms with Crippen molar-refractivity contribution in [2.45, 2.75) is 51.7 Å². The van der Waals surface area contributed by atoms with Gasteiger partial charge in [-0.3, -0.25) is 11.3 Å². The summed E-state index contributed by atoms with van der Waals surface area (Å²) < 4.78 is 7.12. The molecule has 0 amide bonds. The molecule has 108 valence electrons. The first-order valence-corrected chi connectivity index (χ1v) is 7.75. The molecule has 4 heteroatoms. The first-order valence-electron chi connectivity index (χ1n) is 6.96. The molecule has 3 N–H and O–H groups in total. The van der Waals surface area contributed by atoms with Crippen LogP contribution in [-0.2, 0) is 11.2 Å². The molecule has 1 atom stereocenters. The predicted molar refractivity (Wildman–Crippen MR) is 83.9 cm³/mol. The van der Waals surface area contributed by atoms with E-state index in [2.05, 4.69) is 47.3 Å². The zero-order valence-corrected chi connectivity index (χ0v) is 13.7. The largest absolute Gasteiger partial charge is 0.374 e. The molecule has 1 aromatic carbocycles. The number of hydrazine groups is 1. The number of hydrogen-bond acceptors (Lipinski definition) is 3. The van der Waals surface area contributed by atoms with E-state index in [1.54, 1.807) is 0 Å². The highest BCUT2D eigenvalue weighted by Crippen LogP contribution is 2.27. The molecule has 1 rings (SSSR count). The lowest BCUT2D eigenvalue weighted by Gasteiger charge is -2.39. The third-order valence-electron chi connectivity index (χ3n) is 3.79. The molecule has 0 aliphatic carbocycles. The van der Waals surface area contributed by atoms with E-state index < -0.39 is 0 Å². The lowest BCUT2D eigenvalue weighted by molar-refractivity contribution is -0.0719. The van der Waals surface area contributed by atoms with Gasteiger partial charge in [-0.2, -0.15) is 0 Å². The molecule has 0 aliphatic heterocycles. The average molecular weight is 329 g/mol. The lowest BCUT2D eigenvalue weighted by atomic mass is 9.84. The summed E-state index contributed by atoms with van der Waals surface area (Å²) in [6, 6.07) is 8.44. The van der Waals surface area contributed by atoms with Crippen molar-refractivity contribution in [3.05, 3.63) is 34.3 Å². The van der Waals surface area contributed by atoms with Gasteiger partial charge < -0.3 is 4.74 Å². The van der Waals surface area contributed by atoms with Crippen LogP contribution in [0.3, 0.4) is 0 Å².